The minimum atomic E-state index is 0.0281. The van der Waals surface area contributed by atoms with Crippen molar-refractivity contribution >= 4 is 0 Å². The molecule has 3 rings (SSSR count). The van der Waals surface area contributed by atoms with Gasteiger partial charge in [-0.3, -0.25) is 0 Å². The maximum absolute atomic E-state index is 5.94. The van der Waals surface area contributed by atoms with Crippen molar-refractivity contribution in [3.63, 3.8) is 0 Å². The smallest absolute Gasteiger partial charge is 0.0951 e. The number of rotatable bonds is 3. The first kappa shape index (κ1) is 11.9. The maximum Gasteiger partial charge on any atom is 0.0951 e. The van der Waals surface area contributed by atoms with Crippen molar-refractivity contribution in [3.05, 3.63) is 0 Å². The Labute approximate surface area is 103 Å². The zero-order valence-corrected chi connectivity index (χ0v) is 10.6. The second-order valence-corrected chi connectivity index (χ2v) is 5.72. The quantitative estimate of drug-likeness (QED) is 0.803. The molecule has 1 saturated carbocycles. The number of hydrogen-bond acceptors (Lipinski definition) is 4. The minimum absolute atomic E-state index is 0.0281. The van der Waals surface area contributed by atoms with Gasteiger partial charge in [0, 0.05) is 38.8 Å². The van der Waals surface area contributed by atoms with Crippen LogP contribution in [-0.2, 0) is 14.2 Å². The van der Waals surface area contributed by atoms with Crippen molar-refractivity contribution in [2.75, 3.05) is 26.9 Å². The highest BCUT2D eigenvalue weighted by atomic mass is 16.6. The summed E-state index contributed by atoms with van der Waals surface area (Å²) in [5.41, 5.74) is 0.0281. The van der Waals surface area contributed by atoms with Crippen LogP contribution in [0.15, 0.2) is 0 Å². The van der Waals surface area contributed by atoms with Gasteiger partial charge in [-0.05, 0) is 25.7 Å². The predicted octanol–water partition coefficient (Wildman–Crippen LogP) is 1.09. The second-order valence-electron chi connectivity index (χ2n) is 5.72. The van der Waals surface area contributed by atoms with E-state index in [1.807, 2.05) is 0 Å². The van der Waals surface area contributed by atoms with Crippen molar-refractivity contribution in [1.82, 2.24) is 5.32 Å². The summed E-state index contributed by atoms with van der Waals surface area (Å²) < 4.78 is 16.7. The van der Waals surface area contributed by atoms with Crippen molar-refractivity contribution in [1.29, 1.82) is 0 Å². The zero-order valence-electron chi connectivity index (χ0n) is 10.6. The van der Waals surface area contributed by atoms with Gasteiger partial charge in [-0.25, -0.2) is 0 Å². The van der Waals surface area contributed by atoms with E-state index in [-0.39, 0.29) is 5.60 Å². The molecule has 1 N–H and O–H groups in total. The molecule has 0 bridgehead atoms. The van der Waals surface area contributed by atoms with Gasteiger partial charge in [-0.2, -0.15) is 0 Å². The van der Waals surface area contributed by atoms with E-state index in [0.29, 0.717) is 18.2 Å². The van der Waals surface area contributed by atoms with E-state index < -0.39 is 0 Å². The summed E-state index contributed by atoms with van der Waals surface area (Å²) >= 11 is 0. The normalized spacial score (nSPS) is 46.1. The molecule has 4 nitrogen and oxygen atoms in total. The lowest BCUT2D eigenvalue weighted by atomic mass is 9.85. The lowest BCUT2D eigenvalue weighted by Crippen LogP contribution is -2.54. The van der Waals surface area contributed by atoms with E-state index in [1.165, 1.54) is 0 Å². The third-order valence-electron chi connectivity index (χ3n) is 4.46. The topological polar surface area (TPSA) is 39.7 Å². The van der Waals surface area contributed by atoms with Crippen molar-refractivity contribution < 1.29 is 14.2 Å². The van der Waals surface area contributed by atoms with Crippen LogP contribution in [0.4, 0.5) is 0 Å². The zero-order chi connectivity index (χ0) is 11.7. The number of ether oxygens (including phenoxy) is 3. The van der Waals surface area contributed by atoms with E-state index in [4.69, 9.17) is 14.2 Å². The molecule has 0 radical (unpaired) electrons. The molecule has 17 heavy (non-hydrogen) atoms. The lowest BCUT2D eigenvalue weighted by molar-refractivity contribution is -0.0936. The lowest BCUT2D eigenvalue weighted by Gasteiger charge is -2.42. The maximum atomic E-state index is 5.94. The second kappa shape index (κ2) is 4.84. The third-order valence-corrected chi connectivity index (χ3v) is 4.46. The molecule has 2 saturated heterocycles. The van der Waals surface area contributed by atoms with Gasteiger partial charge >= 0.3 is 0 Å². The summed E-state index contributed by atoms with van der Waals surface area (Å²) in [5.74, 6) is 0. The fourth-order valence-corrected chi connectivity index (χ4v) is 3.26. The summed E-state index contributed by atoms with van der Waals surface area (Å²) in [6.07, 6.45) is 6.12. The fourth-order valence-electron chi connectivity index (χ4n) is 3.26. The monoisotopic (exact) mass is 241 g/mol. The highest BCUT2D eigenvalue weighted by Gasteiger charge is 2.42. The van der Waals surface area contributed by atoms with Crippen molar-refractivity contribution in [2.24, 2.45) is 0 Å². The molecule has 0 aromatic carbocycles. The molecule has 2 atom stereocenters. The van der Waals surface area contributed by atoms with Gasteiger partial charge in [0.05, 0.1) is 18.3 Å². The number of methoxy groups -OCH3 is 1. The molecule has 0 aromatic heterocycles. The Morgan fingerprint density at radius 1 is 1.24 bits per heavy atom. The third kappa shape index (κ3) is 2.50. The van der Waals surface area contributed by atoms with Gasteiger partial charge in [0.25, 0.3) is 0 Å². The molecule has 1 aliphatic carbocycles. The molecular formula is C13H23NO3. The molecule has 4 heteroatoms. The fraction of sp³-hybridized carbons (Fsp3) is 1.00. The van der Waals surface area contributed by atoms with Crippen LogP contribution in [0, 0.1) is 0 Å². The average molecular weight is 241 g/mol. The highest BCUT2D eigenvalue weighted by molar-refractivity contribution is 4.95. The van der Waals surface area contributed by atoms with Crippen LogP contribution >= 0.6 is 0 Å². The summed E-state index contributed by atoms with van der Waals surface area (Å²) in [5, 5.41) is 3.76. The Hall–Kier alpha value is -0.160. The van der Waals surface area contributed by atoms with E-state index in [1.54, 1.807) is 7.11 Å². The first-order valence-corrected chi connectivity index (χ1v) is 6.80. The van der Waals surface area contributed by atoms with Crippen LogP contribution in [0.3, 0.4) is 0 Å². The standard InChI is InChI=1S/C13H23NO3/c1-15-12-6-11(7-12)14-10-2-4-17-13(8-10)3-5-16-9-13/h10-12,14H,2-9H2,1H3. The Morgan fingerprint density at radius 3 is 2.82 bits per heavy atom. The van der Waals surface area contributed by atoms with Gasteiger partial charge in [0.1, 0.15) is 0 Å². The summed E-state index contributed by atoms with van der Waals surface area (Å²) in [4.78, 5) is 0. The summed E-state index contributed by atoms with van der Waals surface area (Å²) in [6, 6.07) is 1.26. The van der Waals surface area contributed by atoms with Crippen LogP contribution in [0.25, 0.3) is 0 Å². The predicted molar refractivity (Wildman–Crippen MR) is 64.1 cm³/mol. The van der Waals surface area contributed by atoms with Crippen LogP contribution in [0.2, 0.25) is 0 Å². The van der Waals surface area contributed by atoms with E-state index in [2.05, 4.69) is 5.32 Å². The van der Waals surface area contributed by atoms with Crippen LogP contribution in [0.5, 0.6) is 0 Å². The average Bonchev–Trinajstić information content (AvgIpc) is 2.71. The molecule has 3 fully saturated rings. The summed E-state index contributed by atoms with van der Waals surface area (Å²) in [7, 11) is 1.81. The van der Waals surface area contributed by atoms with Crippen LogP contribution in [-0.4, -0.2) is 50.7 Å². The first-order chi connectivity index (χ1) is 8.30. The molecule has 2 heterocycles. The van der Waals surface area contributed by atoms with Crippen molar-refractivity contribution in [2.45, 2.75) is 55.9 Å². The Morgan fingerprint density at radius 2 is 2.12 bits per heavy atom. The van der Waals surface area contributed by atoms with Gasteiger partial charge in [0.2, 0.25) is 0 Å². The largest absolute Gasteiger partial charge is 0.381 e. The highest BCUT2D eigenvalue weighted by Crippen LogP contribution is 2.34. The molecule has 1 spiro atoms. The van der Waals surface area contributed by atoms with Crippen LogP contribution in [0.1, 0.15) is 32.1 Å². The molecule has 2 aliphatic heterocycles. The van der Waals surface area contributed by atoms with Gasteiger partial charge < -0.3 is 19.5 Å². The number of hydrogen-bond donors (Lipinski definition) is 1. The van der Waals surface area contributed by atoms with E-state index >= 15 is 0 Å². The Balaban J connectivity index is 1.48. The summed E-state index contributed by atoms with van der Waals surface area (Å²) in [6.45, 7) is 2.53. The Kier molecular flexibility index (Phi) is 3.39. The Bertz CT molecular complexity index is 259. The number of nitrogens with one attached hydrogen (secondary N) is 1. The van der Waals surface area contributed by atoms with E-state index in [9.17, 15) is 0 Å². The molecule has 2 unspecified atom stereocenters. The van der Waals surface area contributed by atoms with E-state index in [0.717, 1.165) is 51.9 Å². The van der Waals surface area contributed by atoms with Crippen molar-refractivity contribution in [3.8, 4) is 0 Å². The first-order valence-electron chi connectivity index (χ1n) is 6.80. The van der Waals surface area contributed by atoms with Gasteiger partial charge in [0.15, 0.2) is 0 Å². The molecule has 0 aromatic rings. The van der Waals surface area contributed by atoms with Crippen LogP contribution < -0.4 is 5.32 Å². The SMILES string of the molecule is COC1CC(NC2CCOC3(CCOC3)C2)C1. The molecule has 98 valence electrons. The molecule has 0 amide bonds. The molecule has 3 aliphatic rings. The molecular weight excluding hydrogens is 218 g/mol. The van der Waals surface area contributed by atoms with Gasteiger partial charge in [-0.1, -0.05) is 0 Å². The minimum Gasteiger partial charge on any atom is -0.381 e. The van der Waals surface area contributed by atoms with Gasteiger partial charge in [-0.15, -0.1) is 0 Å².